The molecule has 3 amide bonds. The SMILES string of the molecule is CCOc1cc2c(cc1NC(=O)CC(C)=O)=NC(=O)N=2. The minimum atomic E-state index is -0.588. The minimum Gasteiger partial charge on any atom is -0.492 e. The van der Waals surface area contributed by atoms with E-state index >= 15 is 0 Å². The second-order valence-corrected chi connectivity index (χ2v) is 4.20. The van der Waals surface area contributed by atoms with Crippen LogP contribution in [0.1, 0.15) is 20.3 Å². The number of benzene rings is 1. The summed E-state index contributed by atoms with van der Waals surface area (Å²) >= 11 is 0. The first-order valence-electron chi connectivity index (χ1n) is 6.07. The van der Waals surface area contributed by atoms with Gasteiger partial charge in [0, 0.05) is 6.07 Å². The maximum atomic E-state index is 11.6. The van der Waals surface area contributed by atoms with Crippen LogP contribution < -0.4 is 20.8 Å². The third-order valence-corrected chi connectivity index (χ3v) is 2.49. The van der Waals surface area contributed by atoms with Crippen LogP contribution in [0.15, 0.2) is 22.1 Å². The number of nitrogens with one attached hydrogen (secondary N) is 1. The predicted molar refractivity (Wildman–Crippen MR) is 69.2 cm³/mol. The first-order valence-corrected chi connectivity index (χ1v) is 6.07. The van der Waals surface area contributed by atoms with E-state index in [-0.39, 0.29) is 12.2 Å². The zero-order chi connectivity index (χ0) is 14.7. The first-order chi connectivity index (χ1) is 9.49. The topological polar surface area (TPSA) is 97.2 Å². The lowest BCUT2D eigenvalue weighted by atomic mass is 10.2. The highest BCUT2D eigenvalue weighted by molar-refractivity contribution is 6.04. The third-order valence-electron chi connectivity index (χ3n) is 2.49. The fourth-order valence-electron chi connectivity index (χ4n) is 1.76. The van der Waals surface area contributed by atoms with E-state index in [1.165, 1.54) is 19.1 Å². The maximum Gasteiger partial charge on any atom is 0.368 e. The Morgan fingerprint density at radius 3 is 2.50 bits per heavy atom. The number of rotatable bonds is 5. The van der Waals surface area contributed by atoms with Crippen molar-refractivity contribution in [3.8, 4) is 5.75 Å². The largest absolute Gasteiger partial charge is 0.492 e. The van der Waals surface area contributed by atoms with Crippen LogP contribution in [0.5, 0.6) is 5.75 Å². The lowest BCUT2D eigenvalue weighted by Gasteiger charge is -2.10. The summed E-state index contributed by atoms with van der Waals surface area (Å²) in [5, 5.41) is 3.35. The van der Waals surface area contributed by atoms with Gasteiger partial charge in [-0.3, -0.25) is 9.59 Å². The maximum absolute atomic E-state index is 11.6. The van der Waals surface area contributed by atoms with Gasteiger partial charge in [-0.05, 0) is 19.9 Å². The molecule has 1 heterocycles. The van der Waals surface area contributed by atoms with Gasteiger partial charge in [-0.25, -0.2) is 4.79 Å². The molecule has 1 N–H and O–H groups in total. The molecule has 1 aliphatic heterocycles. The van der Waals surface area contributed by atoms with Crippen LogP contribution in [-0.2, 0) is 9.59 Å². The van der Waals surface area contributed by atoms with Gasteiger partial charge in [-0.2, -0.15) is 9.98 Å². The van der Waals surface area contributed by atoms with Crippen molar-refractivity contribution in [3.63, 3.8) is 0 Å². The predicted octanol–water partition coefficient (Wildman–Crippen LogP) is 0.376. The Morgan fingerprint density at radius 1 is 1.25 bits per heavy atom. The molecule has 0 bridgehead atoms. The molecule has 0 saturated carbocycles. The second kappa shape index (κ2) is 5.60. The summed E-state index contributed by atoms with van der Waals surface area (Å²) in [6.07, 6.45) is -0.219. The van der Waals surface area contributed by atoms with Crippen molar-refractivity contribution in [2.75, 3.05) is 11.9 Å². The zero-order valence-electron chi connectivity index (χ0n) is 11.1. The second-order valence-electron chi connectivity index (χ2n) is 4.20. The quantitative estimate of drug-likeness (QED) is 0.785. The van der Waals surface area contributed by atoms with Crippen LogP contribution in [0.2, 0.25) is 0 Å². The summed E-state index contributed by atoms with van der Waals surface area (Å²) < 4.78 is 5.39. The molecule has 0 spiro atoms. The van der Waals surface area contributed by atoms with Crippen LogP contribution >= 0.6 is 0 Å². The van der Waals surface area contributed by atoms with Crippen LogP contribution in [0, 0.1) is 0 Å². The van der Waals surface area contributed by atoms with E-state index in [4.69, 9.17) is 4.74 Å². The highest BCUT2D eigenvalue weighted by Gasteiger charge is 2.14. The van der Waals surface area contributed by atoms with Crippen LogP contribution in [0.4, 0.5) is 10.5 Å². The molecule has 104 valence electrons. The van der Waals surface area contributed by atoms with Gasteiger partial charge in [0.15, 0.2) is 0 Å². The summed E-state index contributed by atoms with van der Waals surface area (Å²) in [6.45, 7) is 3.51. The number of carbonyl (C=O) groups excluding carboxylic acids is 3. The van der Waals surface area contributed by atoms with E-state index in [2.05, 4.69) is 15.3 Å². The van der Waals surface area contributed by atoms with Gasteiger partial charge in [0.25, 0.3) is 0 Å². The van der Waals surface area contributed by atoms with Gasteiger partial charge >= 0.3 is 6.03 Å². The van der Waals surface area contributed by atoms with E-state index in [0.29, 0.717) is 28.8 Å². The van der Waals surface area contributed by atoms with Crippen LogP contribution in [0.3, 0.4) is 0 Å². The normalized spacial score (nSPS) is 12.2. The number of ketones is 1. The Balaban J connectivity index is 2.37. The number of nitrogens with zero attached hydrogens (tertiary/aromatic N) is 2. The Kier molecular flexibility index (Phi) is 3.88. The van der Waals surface area contributed by atoms with Crippen molar-refractivity contribution < 1.29 is 19.1 Å². The zero-order valence-corrected chi connectivity index (χ0v) is 11.1. The summed E-state index contributed by atoms with van der Waals surface area (Å²) in [6, 6.07) is 2.46. The number of amides is 3. The standard InChI is InChI=1S/C13H13N3O4/c1-3-20-11-6-9-8(15-13(19)16-9)5-10(11)14-12(18)4-7(2)17/h5-6H,3-4H2,1-2H3,(H,14,18). The Labute approximate surface area is 114 Å². The van der Waals surface area contributed by atoms with Crippen molar-refractivity contribution in [1.82, 2.24) is 0 Å². The number of carbonyl (C=O) groups is 3. The number of ether oxygens (including phenoxy) is 1. The molecular weight excluding hydrogens is 262 g/mol. The Morgan fingerprint density at radius 2 is 1.90 bits per heavy atom. The van der Waals surface area contributed by atoms with E-state index in [1.54, 1.807) is 6.92 Å². The van der Waals surface area contributed by atoms with E-state index in [0.717, 1.165) is 0 Å². The number of hydrogen-bond donors (Lipinski definition) is 1. The smallest absolute Gasteiger partial charge is 0.368 e. The molecule has 20 heavy (non-hydrogen) atoms. The molecule has 1 aromatic rings. The average molecular weight is 275 g/mol. The molecule has 1 aliphatic rings. The van der Waals surface area contributed by atoms with Crippen molar-refractivity contribution in [1.29, 1.82) is 0 Å². The van der Waals surface area contributed by atoms with Crippen molar-refractivity contribution in [3.05, 3.63) is 22.8 Å². The molecule has 0 atom stereocenters. The molecule has 0 unspecified atom stereocenters. The first kappa shape index (κ1) is 13.9. The highest BCUT2D eigenvalue weighted by Crippen LogP contribution is 2.21. The molecule has 0 radical (unpaired) electrons. The molecule has 0 aromatic heterocycles. The minimum absolute atomic E-state index is 0.219. The van der Waals surface area contributed by atoms with Gasteiger partial charge in [0.05, 0.1) is 29.4 Å². The molecule has 0 aliphatic carbocycles. The van der Waals surface area contributed by atoms with Crippen molar-refractivity contribution in [2.45, 2.75) is 20.3 Å². The molecule has 2 rings (SSSR count). The number of Topliss-reactive ketones (excluding diaryl/α,β-unsaturated/α-hetero) is 1. The number of urea groups is 1. The Hall–Kier alpha value is -2.57. The van der Waals surface area contributed by atoms with E-state index in [9.17, 15) is 14.4 Å². The molecule has 1 aromatic carbocycles. The van der Waals surface area contributed by atoms with Crippen molar-refractivity contribution >= 4 is 23.4 Å². The number of hydrogen-bond acceptors (Lipinski definition) is 4. The average Bonchev–Trinajstić information content (AvgIpc) is 2.68. The van der Waals surface area contributed by atoms with E-state index < -0.39 is 11.9 Å². The monoisotopic (exact) mass is 275 g/mol. The fraction of sp³-hybridized carbons (Fsp3) is 0.308. The van der Waals surface area contributed by atoms with Crippen LogP contribution in [0.25, 0.3) is 0 Å². The lowest BCUT2D eigenvalue weighted by Crippen LogP contribution is -2.24. The molecule has 7 heteroatoms. The highest BCUT2D eigenvalue weighted by atomic mass is 16.5. The number of anilines is 1. The lowest BCUT2D eigenvalue weighted by molar-refractivity contribution is -0.124. The van der Waals surface area contributed by atoms with Gasteiger partial charge in [-0.15, -0.1) is 0 Å². The molecule has 0 saturated heterocycles. The Bertz CT molecular complexity index is 709. The van der Waals surface area contributed by atoms with Gasteiger partial charge in [-0.1, -0.05) is 0 Å². The molecule has 0 fully saturated rings. The summed E-state index contributed by atoms with van der Waals surface area (Å²) in [7, 11) is 0. The van der Waals surface area contributed by atoms with Gasteiger partial charge in [0.1, 0.15) is 11.5 Å². The van der Waals surface area contributed by atoms with Gasteiger partial charge < -0.3 is 10.1 Å². The van der Waals surface area contributed by atoms with Gasteiger partial charge in [0.2, 0.25) is 5.91 Å². The van der Waals surface area contributed by atoms with Crippen molar-refractivity contribution in [2.24, 2.45) is 9.98 Å². The fourth-order valence-corrected chi connectivity index (χ4v) is 1.76. The molecule has 7 nitrogen and oxygen atoms in total. The number of fused-ring (bicyclic) bond motifs is 1. The van der Waals surface area contributed by atoms with E-state index in [1.807, 2.05) is 0 Å². The summed E-state index contributed by atoms with van der Waals surface area (Å²) in [4.78, 5) is 41.1. The summed E-state index contributed by atoms with van der Waals surface area (Å²) in [5.74, 6) is -0.298. The summed E-state index contributed by atoms with van der Waals surface area (Å²) in [5.41, 5.74) is 0.366. The third kappa shape index (κ3) is 3.05. The molecular formula is C13H13N3O4. The van der Waals surface area contributed by atoms with Crippen LogP contribution in [-0.4, -0.2) is 24.3 Å².